The van der Waals surface area contributed by atoms with Gasteiger partial charge < -0.3 is 14.7 Å². The summed E-state index contributed by atoms with van der Waals surface area (Å²) in [5, 5.41) is 10.1. The van der Waals surface area contributed by atoms with Gasteiger partial charge in [0.05, 0.1) is 0 Å². The van der Waals surface area contributed by atoms with Gasteiger partial charge in [-0.25, -0.2) is 0 Å². The summed E-state index contributed by atoms with van der Waals surface area (Å²) >= 11 is 0. The molecule has 0 unspecified atom stereocenters. The van der Waals surface area contributed by atoms with Crippen molar-refractivity contribution in [1.82, 2.24) is 4.90 Å². The van der Waals surface area contributed by atoms with Crippen molar-refractivity contribution in [1.29, 1.82) is 0 Å². The molecule has 0 radical (unpaired) electrons. The largest absolute Gasteiger partial charge is 0.491 e. The highest BCUT2D eigenvalue weighted by atomic mass is 16.5. The summed E-state index contributed by atoms with van der Waals surface area (Å²) in [4.78, 5) is 2.35. The number of hydrogen-bond donors (Lipinski definition) is 1. The number of ether oxygens (including phenoxy) is 1. The molecule has 1 N–H and O–H groups in total. The van der Waals surface area contributed by atoms with Crippen molar-refractivity contribution in [3.8, 4) is 5.75 Å². The van der Waals surface area contributed by atoms with Crippen LogP contribution in [0.4, 0.5) is 0 Å². The number of likely N-dealkylation sites (tertiary alicyclic amines) is 1. The van der Waals surface area contributed by atoms with Crippen LogP contribution in [0.25, 0.3) is 0 Å². The van der Waals surface area contributed by atoms with Crippen LogP contribution in [0.1, 0.15) is 30.9 Å². The Morgan fingerprint density at radius 1 is 1.40 bits per heavy atom. The Labute approximate surface area is 122 Å². The highest BCUT2D eigenvalue weighted by molar-refractivity contribution is 5.35. The SMILES string of the molecule is Cc1ccc(C)c(OC[C@@H](O)CN2CCC[C@@H](C)C2)c1. The van der Waals surface area contributed by atoms with Crippen molar-refractivity contribution in [2.24, 2.45) is 5.92 Å². The number of hydrogen-bond acceptors (Lipinski definition) is 3. The van der Waals surface area contributed by atoms with E-state index < -0.39 is 6.10 Å². The van der Waals surface area contributed by atoms with E-state index in [1.54, 1.807) is 0 Å². The molecule has 0 aromatic heterocycles. The zero-order valence-electron chi connectivity index (χ0n) is 12.9. The van der Waals surface area contributed by atoms with Crippen LogP contribution in [0.2, 0.25) is 0 Å². The summed E-state index contributed by atoms with van der Waals surface area (Å²) < 4.78 is 5.77. The Morgan fingerprint density at radius 2 is 2.20 bits per heavy atom. The minimum atomic E-state index is -0.416. The second-order valence-electron chi connectivity index (χ2n) is 6.24. The topological polar surface area (TPSA) is 32.7 Å². The van der Waals surface area contributed by atoms with E-state index in [1.165, 1.54) is 18.4 Å². The molecule has 0 amide bonds. The molecule has 1 aromatic carbocycles. The predicted molar refractivity (Wildman–Crippen MR) is 82.3 cm³/mol. The van der Waals surface area contributed by atoms with Gasteiger partial charge in [0.1, 0.15) is 18.5 Å². The molecule has 1 aliphatic heterocycles. The van der Waals surface area contributed by atoms with Crippen molar-refractivity contribution >= 4 is 0 Å². The molecule has 1 fully saturated rings. The lowest BCUT2D eigenvalue weighted by Gasteiger charge is -2.32. The number of nitrogens with zero attached hydrogens (tertiary/aromatic N) is 1. The van der Waals surface area contributed by atoms with Crippen LogP contribution in [-0.4, -0.2) is 42.4 Å². The van der Waals surface area contributed by atoms with E-state index in [9.17, 15) is 5.11 Å². The van der Waals surface area contributed by atoms with Gasteiger partial charge in [0.2, 0.25) is 0 Å². The first-order valence-electron chi connectivity index (χ1n) is 7.65. The monoisotopic (exact) mass is 277 g/mol. The fraction of sp³-hybridized carbons (Fsp3) is 0.647. The van der Waals surface area contributed by atoms with E-state index in [1.807, 2.05) is 13.0 Å². The van der Waals surface area contributed by atoms with Gasteiger partial charge in [0.15, 0.2) is 0 Å². The zero-order chi connectivity index (χ0) is 14.5. The van der Waals surface area contributed by atoms with Crippen molar-refractivity contribution < 1.29 is 9.84 Å². The van der Waals surface area contributed by atoms with Crippen molar-refractivity contribution in [3.63, 3.8) is 0 Å². The second-order valence-corrected chi connectivity index (χ2v) is 6.24. The van der Waals surface area contributed by atoms with Gasteiger partial charge in [0.25, 0.3) is 0 Å². The molecule has 3 nitrogen and oxygen atoms in total. The van der Waals surface area contributed by atoms with E-state index >= 15 is 0 Å². The summed E-state index contributed by atoms with van der Waals surface area (Å²) in [5.74, 6) is 1.63. The average molecular weight is 277 g/mol. The molecule has 1 saturated heterocycles. The maximum absolute atomic E-state index is 10.1. The second kappa shape index (κ2) is 7.09. The first kappa shape index (κ1) is 15.3. The molecule has 0 aliphatic carbocycles. The normalized spacial score (nSPS) is 21.7. The Hall–Kier alpha value is -1.06. The summed E-state index contributed by atoms with van der Waals surface area (Å²) in [5.41, 5.74) is 2.30. The fourth-order valence-electron chi connectivity index (χ4n) is 2.85. The minimum absolute atomic E-state index is 0.370. The Balaban J connectivity index is 1.79. The number of aryl methyl sites for hydroxylation is 2. The molecule has 0 spiro atoms. The smallest absolute Gasteiger partial charge is 0.122 e. The fourth-order valence-corrected chi connectivity index (χ4v) is 2.85. The Kier molecular flexibility index (Phi) is 5.44. The van der Waals surface area contributed by atoms with E-state index in [0.29, 0.717) is 6.61 Å². The third-order valence-electron chi connectivity index (χ3n) is 3.98. The van der Waals surface area contributed by atoms with E-state index in [0.717, 1.165) is 36.9 Å². The molecule has 1 heterocycles. The molecule has 0 bridgehead atoms. The number of rotatable bonds is 5. The van der Waals surface area contributed by atoms with Gasteiger partial charge in [-0.1, -0.05) is 19.1 Å². The summed E-state index contributed by atoms with van der Waals surface area (Å²) in [6, 6.07) is 6.17. The quantitative estimate of drug-likeness (QED) is 0.898. The maximum Gasteiger partial charge on any atom is 0.122 e. The molecule has 1 aromatic rings. The molecular formula is C17H27NO2. The molecule has 112 valence electrons. The van der Waals surface area contributed by atoms with E-state index in [4.69, 9.17) is 4.74 Å². The molecule has 20 heavy (non-hydrogen) atoms. The standard InChI is InChI=1S/C17H27NO2/c1-13-6-7-15(3)17(9-13)20-12-16(19)11-18-8-4-5-14(2)10-18/h6-7,9,14,16,19H,4-5,8,10-12H2,1-3H3/t14-,16+/m1/s1. The molecule has 3 heteroatoms. The Bertz CT molecular complexity index is 433. The zero-order valence-corrected chi connectivity index (χ0v) is 12.9. The summed E-state index contributed by atoms with van der Waals surface area (Å²) in [6.45, 7) is 9.66. The minimum Gasteiger partial charge on any atom is -0.491 e. The lowest BCUT2D eigenvalue weighted by molar-refractivity contribution is 0.0535. The summed E-state index contributed by atoms with van der Waals surface area (Å²) in [6.07, 6.45) is 2.14. The van der Waals surface area contributed by atoms with Crippen molar-refractivity contribution in [2.45, 2.75) is 39.7 Å². The maximum atomic E-state index is 10.1. The van der Waals surface area contributed by atoms with Gasteiger partial charge in [-0.15, -0.1) is 0 Å². The molecule has 2 atom stereocenters. The van der Waals surface area contributed by atoms with Crippen LogP contribution < -0.4 is 4.74 Å². The number of β-amino-alcohol motifs (C(OH)–C–C–N with tert-alkyl or cyclic N) is 1. The Morgan fingerprint density at radius 3 is 2.95 bits per heavy atom. The number of aliphatic hydroxyl groups is 1. The third-order valence-corrected chi connectivity index (χ3v) is 3.98. The lowest BCUT2D eigenvalue weighted by atomic mass is 10.0. The number of benzene rings is 1. The van der Waals surface area contributed by atoms with E-state index in [-0.39, 0.29) is 0 Å². The van der Waals surface area contributed by atoms with Gasteiger partial charge in [-0.05, 0) is 56.3 Å². The van der Waals surface area contributed by atoms with Gasteiger partial charge in [-0.3, -0.25) is 0 Å². The molecule has 2 rings (SSSR count). The highest BCUT2D eigenvalue weighted by Crippen LogP contribution is 2.20. The summed E-state index contributed by atoms with van der Waals surface area (Å²) in [7, 11) is 0. The van der Waals surface area contributed by atoms with Crippen LogP contribution in [-0.2, 0) is 0 Å². The van der Waals surface area contributed by atoms with Crippen LogP contribution in [0, 0.1) is 19.8 Å². The third kappa shape index (κ3) is 4.50. The molecule has 1 aliphatic rings. The van der Waals surface area contributed by atoms with Gasteiger partial charge >= 0.3 is 0 Å². The van der Waals surface area contributed by atoms with Crippen LogP contribution in [0.3, 0.4) is 0 Å². The number of aliphatic hydroxyl groups excluding tert-OH is 1. The van der Waals surface area contributed by atoms with Crippen molar-refractivity contribution in [2.75, 3.05) is 26.2 Å². The van der Waals surface area contributed by atoms with Crippen molar-refractivity contribution in [3.05, 3.63) is 29.3 Å². The first-order valence-corrected chi connectivity index (χ1v) is 7.65. The van der Waals surface area contributed by atoms with Crippen LogP contribution >= 0.6 is 0 Å². The predicted octanol–water partition coefficient (Wildman–Crippen LogP) is 2.78. The van der Waals surface area contributed by atoms with Crippen LogP contribution in [0.5, 0.6) is 5.75 Å². The first-order chi connectivity index (χ1) is 9.54. The van der Waals surface area contributed by atoms with Crippen LogP contribution in [0.15, 0.2) is 18.2 Å². The molecule has 0 saturated carbocycles. The lowest BCUT2D eigenvalue weighted by Crippen LogP contribution is -2.41. The average Bonchev–Trinajstić information content (AvgIpc) is 2.40. The van der Waals surface area contributed by atoms with Gasteiger partial charge in [0, 0.05) is 13.1 Å². The molecular weight excluding hydrogens is 250 g/mol. The number of piperidine rings is 1. The van der Waals surface area contributed by atoms with E-state index in [2.05, 4.69) is 30.9 Å². The highest BCUT2D eigenvalue weighted by Gasteiger charge is 2.19. The van der Waals surface area contributed by atoms with Gasteiger partial charge in [-0.2, -0.15) is 0 Å².